The number of benzene rings is 2. The number of hydrogen-bond donors (Lipinski definition) is 1. The summed E-state index contributed by atoms with van der Waals surface area (Å²) in [5.41, 5.74) is 1.77. The molecule has 2 aromatic carbocycles. The first-order chi connectivity index (χ1) is 14.8. The second-order valence-electron chi connectivity index (χ2n) is 6.86. The smallest absolute Gasteiger partial charge is 0.303 e. The molecule has 0 fully saturated rings. The van der Waals surface area contributed by atoms with Gasteiger partial charge in [-0.1, -0.05) is 12.1 Å². The maximum absolute atomic E-state index is 13.4. The van der Waals surface area contributed by atoms with Crippen molar-refractivity contribution in [2.45, 2.75) is 17.1 Å². The molecule has 0 unspecified atom stereocenters. The average molecular weight is 460 g/mol. The number of thiophene rings is 1. The lowest BCUT2D eigenvalue weighted by molar-refractivity contribution is -0.136. The van der Waals surface area contributed by atoms with Crippen LogP contribution in [-0.2, 0) is 21.2 Å². The van der Waals surface area contributed by atoms with E-state index in [1.807, 2.05) is 0 Å². The predicted octanol–water partition coefficient (Wildman–Crippen LogP) is 4.77. The molecule has 2 heterocycles. The van der Waals surface area contributed by atoms with E-state index in [4.69, 9.17) is 9.84 Å². The molecule has 0 bridgehead atoms. The zero-order valence-corrected chi connectivity index (χ0v) is 18.0. The van der Waals surface area contributed by atoms with Crippen LogP contribution in [0.25, 0.3) is 21.3 Å². The molecule has 2 aromatic heterocycles. The Hall–Kier alpha value is -3.17. The number of aromatic nitrogens is 1. The molecule has 1 N–H and O–H groups in total. The maximum atomic E-state index is 13.4. The van der Waals surface area contributed by atoms with E-state index >= 15 is 0 Å². The second kappa shape index (κ2) is 8.16. The van der Waals surface area contributed by atoms with Crippen LogP contribution in [0.15, 0.2) is 65.0 Å². The number of fused-ring (bicyclic) bond motifs is 1. The number of carboxylic acids is 1. The van der Waals surface area contributed by atoms with Crippen molar-refractivity contribution in [1.82, 2.24) is 3.97 Å². The monoisotopic (exact) mass is 459 g/mol. The third-order valence-corrected chi connectivity index (χ3v) is 8.17. The summed E-state index contributed by atoms with van der Waals surface area (Å²) < 4.78 is 46.6. The molecule has 0 saturated heterocycles. The summed E-state index contributed by atoms with van der Waals surface area (Å²) in [4.78, 5) is 11.7. The van der Waals surface area contributed by atoms with Crippen molar-refractivity contribution in [2.24, 2.45) is 0 Å². The van der Waals surface area contributed by atoms with Gasteiger partial charge in [0, 0.05) is 22.9 Å². The summed E-state index contributed by atoms with van der Waals surface area (Å²) in [6, 6.07) is 14.1. The van der Waals surface area contributed by atoms with Crippen molar-refractivity contribution < 1.29 is 27.4 Å². The normalized spacial score (nSPS) is 11.7. The van der Waals surface area contributed by atoms with Gasteiger partial charge >= 0.3 is 5.97 Å². The lowest BCUT2D eigenvalue weighted by atomic mass is 10.1. The van der Waals surface area contributed by atoms with Crippen LogP contribution in [0.1, 0.15) is 12.0 Å². The average Bonchev–Trinajstić information content (AvgIpc) is 3.38. The Bertz CT molecular complexity index is 1370. The van der Waals surface area contributed by atoms with Gasteiger partial charge in [0.15, 0.2) is 0 Å². The summed E-state index contributed by atoms with van der Waals surface area (Å²) in [7, 11) is -2.42. The number of rotatable bonds is 7. The zero-order chi connectivity index (χ0) is 22.2. The van der Waals surface area contributed by atoms with Crippen LogP contribution in [0.4, 0.5) is 4.39 Å². The van der Waals surface area contributed by atoms with Gasteiger partial charge < -0.3 is 9.84 Å². The van der Waals surface area contributed by atoms with Crippen molar-refractivity contribution in [1.29, 1.82) is 0 Å². The van der Waals surface area contributed by atoms with E-state index in [9.17, 15) is 17.6 Å². The summed E-state index contributed by atoms with van der Waals surface area (Å²) in [6.45, 7) is 0. The lowest BCUT2D eigenvalue weighted by Crippen LogP contribution is -2.10. The van der Waals surface area contributed by atoms with Crippen LogP contribution >= 0.6 is 11.3 Å². The van der Waals surface area contributed by atoms with Crippen molar-refractivity contribution in [2.75, 3.05) is 7.11 Å². The molecule has 0 saturated carbocycles. The first-order valence-electron chi connectivity index (χ1n) is 9.31. The van der Waals surface area contributed by atoms with E-state index in [1.165, 1.54) is 35.5 Å². The molecule has 0 spiro atoms. The standard InChI is InChI=1S/C22H18FNO5S2/c1-29-17-7-8-19-18(12-17)15(4-10-21(25)26)13-24(19)31(27,28)22-11-9-20(30-22)14-2-5-16(23)6-3-14/h2-3,5-9,11-13H,4,10H2,1H3,(H,25,26). The minimum Gasteiger partial charge on any atom is -0.497 e. The zero-order valence-electron chi connectivity index (χ0n) is 16.4. The molecule has 9 heteroatoms. The lowest BCUT2D eigenvalue weighted by Gasteiger charge is -2.06. The first kappa shape index (κ1) is 21.1. The Morgan fingerprint density at radius 2 is 1.87 bits per heavy atom. The van der Waals surface area contributed by atoms with E-state index < -0.39 is 16.0 Å². The molecule has 0 amide bonds. The van der Waals surface area contributed by atoms with Crippen LogP contribution in [0.3, 0.4) is 0 Å². The number of nitrogens with zero attached hydrogens (tertiary/aromatic N) is 1. The fourth-order valence-electron chi connectivity index (χ4n) is 3.34. The topological polar surface area (TPSA) is 85.6 Å². The SMILES string of the molecule is COc1ccc2c(c1)c(CCC(=O)O)cn2S(=O)(=O)c1ccc(-c2ccc(F)cc2)s1. The molecule has 160 valence electrons. The van der Waals surface area contributed by atoms with Crippen molar-refractivity contribution in [3.8, 4) is 16.2 Å². The highest BCUT2D eigenvalue weighted by atomic mass is 32.2. The number of carboxylic acid groups (broad SMARTS) is 1. The number of carbonyl (C=O) groups is 1. The van der Waals surface area contributed by atoms with E-state index in [0.717, 1.165) is 16.9 Å². The quantitative estimate of drug-likeness (QED) is 0.430. The Kier molecular flexibility index (Phi) is 5.55. The van der Waals surface area contributed by atoms with Gasteiger partial charge in [0.25, 0.3) is 10.0 Å². The van der Waals surface area contributed by atoms with Gasteiger partial charge in [-0.2, -0.15) is 8.42 Å². The van der Waals surface area contributed by atoms with Crippen molar-refractivity contribution >= 4 is 38.2 Å². The summed E-state index contributed by atoms with van der Waals surface area (Å²) in [6.07, 6.45) is 1.54. The minimum absolute atomic E-state index is 0.121. The van der Waals surface area contributed by atoms with Crippen LogP contribution in [0.2, 0.25) is 0 Å². The Balaban J connectivity index is 1.80. The molecule has 0 aliphatic heterocycles. The molecular weight excluding hydrogens is 441 g/mol. The second-order valence-corrected chi connectivity index (χ2v) is 9.98. The van der Waals surface area contributed by atoms with Crippen LogP contribution in [0.5, 0.6) is 5.75 Å². The summed E-state index contributed by atoms with van der Waals surface area (Å²) >= 11 is 1.09. The van der Waals surface area contributed by atoms with Gasteiger partial charge in [0.2, 0.25) is 0 Å². The van der Waals surface area contributed by atoms with E-state index in [-0.39, 0.29) is 22.9 Å². The Morgan fingerprint density at radius 3 is 2.55 bits per heavy atom. The van der Waals surface area contributed by atoms with Gasteiger partial charge in [0.1, 0.15) is 15.8 Å². The van der Waals surface area contributed by atoms with Crippen LogP contribution < -0.4 is 4.74 Å². The number of hydrogen-bond acceptors (Lipinski definition) is 5. The van der Waals surface area contributed by atoms with E-state index in [1.54, 1.807) is 36.4 Å². The molecular formula is C22H18FNO5S2. The number of methoxy groups -OCH3 is 1. The third-order valence-electron chi connectivity index (χ3n) is 4.89. The van der Waals surface area contributed by atoms with Gasteiger partial charge in [-0.3, -0.25) is 4.79 Å². The molecule has 6 nitrogen and oxygen atoms in total. The molecule has 31 heavy (non-hydrogen) atoms. The van der Waals surface area contributed by atoms with Gasteiger partial charge in [-0.25, -0.2) is 8.36 Å². The number of halogens is 1. The third kappa shape index (κ3) is 4.06. The van der Waals surface area contributed by atoms with Crippen molar-refractivity contribution in [3.05, 3.63) is 72.2 Å². The van der Waals surface area contributed by atoms with Gasteiger partial charge in [0.05, 0.1) is 12.6 Å². The fraction of sp³-hybridized carbons (Fsp3) is 0.136. The molecule has 4 rings (SSSR count). The van der Waals surface area contributed by atoms with Gasteiger partial charge in [-0.15, -0.1) is 11.3 Å². The number of aliphatic carboxylic acids is 1. The van der Waals surface area contributed by atoms with Crippen LogP contribution in [-0.4, -0.2) is 30.6 Å². The maximum Gasteiger partial charge on any atom is 0.303 e. The van der Waals surface area contributed by atoms with E-state index in [0.29, 0.717) is 27.1 Å². The summed E-state index contributed by atoms with van der Waals surface area (Å²) in [5, 5.41) is 9.67. The highest BCUT2D eigenvalue weighted by Gasteiger charge is 2.24. The summed E-state index contributed by atoms with van der Waals surface area (Å²) in [5.74, 6) is -0.779. The predicted molar refractivity (Wildman–Crippen MR) is 117 cm³/mol. The highest BCUT2D eigenvalue weighted by molar-refractivity contribution is 7.92. The molecule has 0 radical (unpaired) electrons. The molecule has 4 aromatic rings. The van der Waals surface area contributed by atoms with Crippen LogP contribution in [0, 0.1) is 5.82 Å². The first-order valence-corrected chi connectivity index (χ1v) is 11.6. The Morgan fingerprint density at radius 1 is 1.13 bits per heavy atom. The minimum atomic E-state index is -3.93. The van der Waals surface area contributed by atoms with E-state index in [2.05, 4.69) is 0 Å². The molecule has 0 aliphatic carbocycles. The Labute approximate surface area is 182 Å². The number of aryl methyl sites for hydroxylation is 1. The molecule has 0 aliphatic rings. The van der Waals surface area contributed by atoms with Gasteiger partial charge in [-0.05, 0) is 60.0 Å². The highest BCUT2D eigenvalue weighted by Crippen LogP contribution is 2.35. The fourth-order valence-corrected chi connectivity index (χ4v) is 6.13. The van der Waals surface area contributed by atoms with Crippen molar-refractivity contribution in [3.63, 3.8) is 0 Å². The number of ether oxygens (including phenoxy) is 1. The molecule has 0 atom stereocenters. The largest absolute Gasteiger partial charge is 0.497 e.